The fraction of sp³-hybridized carbons (Fsp3) is 0.500. The van der Waals surface area contributed by atoms with Crippen LogP contribution in [0, 0.1) is 0 Å². The third kappa shape index (κ3) is 2.48. The summed E-state index contributed by atoms with van der Waals surface area (Å²) in [6.07, 6.45) is 6.61. The summed E-state index contributed by atoms with van der Waals surface area (Å²) >= 11 is 1.92. The van der Waals surface area contributed by atoms with Gasteiger partial charge in [-0.2, -0.15) is 0 Å². The SMILES string of the molecule is CCCCSc1cc[nH]c1. The van der Waals surface area contributed by atoms with Crippen LogP contribution in [0.3, 0.4) is 0 Å². The Bertz CT molecular complexity index is 158. The molecular formula is C8H13NS. The predicted molar refractivity (Wildman–Crippen MR) is 46.4 cm³/mol. The summed E-state index contributed by atoms with van der Waals surface area (Å²) in [5.41, 5.74) is 0. The molecule has 0 fully saturated rings. The molecule has 1 aromatic heterocycles. The standard InChI is InChI=1S/C8H13NS/c1-2-3-6-10-8-4-5-9-7-8/h4-5,7,9H,2-3,6H2,1H3. The van der Waals surface area contributed by atoms with Crippen LogP contribution in [0.1, 0.15) is 19.8 Å². The maximum atomic E-state index is 3.04. The van der Waals surface area contributed by atoms with Crippen LogP contribution in [-0.2, 0) is 0 Å². The van der Waals surface area contributed by atoms with Crippen LogP contribution in [0.25, 0.3) is 0 Å². The lowest BCUT2D eigenvalue weighted by molar-refractivity contribution is 0.896. The average Bonchev–Trinajstić information content (AvgIpc) is 2.41. The second kappa shape index (κ2) is 4.45. The number of unbranched alkanes of at least 4 members (excludes halogenated alkanes) is 1. The van der Waals surface area contributed by atoms with Gasteiger partial charge in [0.25, 0.3) is 0 Å². The van der Waals surface area contributed by atoms with Gasteiger partial charge in [-0.1, -0.05) is 13.3 Å². The molecule has 0 saturated heterocycles. The molecule has 1 heterocycles. The molecule has 10 heavy (non-hydrogen) atoms. The number of hydrogen-bond acceptors (Lipinski definition) is 1. The van der Waals surface area contributed by atoms with Crippen molar-refractivity contribution in [3.05, 3.63) is 18.5 Å². The third-order valence-corrected chi connectivity index (χ3v) is 2.42. The predicted octanol–water partition coefficient (Wildman–Crippen LogP) is 2.91. The smallest absolute Gasteiger partial charge is 0.0246 e. The first kappa shape index (κ1) is 7.73. The monoisotopic (exact) mass is 155 g/mol. The molecule has 1 rings (SSSR count). The van der Waals surface area contributed by atoms with E-state index in [1.807, 2.05) is 24.2 Å². The van der Waals surface area contributed by atoms with E-state index in [1.54, 1.807) is 0 Å². The lowest BCUT2D eigenvalue weighted by atomic mass is 10.4. The van der Waals surface area contributed by atoms with Gasteiger partial charge in [0, 0.05) is 17.3 Å². The molecule has 56 valence electrons. The number of thioether (sulfide) groups is 1. The van der Waals surface area contributed by atoms with Crippen molar-refractivity contribution in [1.82, 2.24) is 4.98 Å². The highest BCUT2D eigenvalue weighted by atomic mass is 32.2. The van der Waals surface area contributed by atoms with Gasteiger partial charge in [-0.05, 0) is 18.2 Å². The fourth-order valence-electron chi connectivity index (χ4n) is 0.733. The van der Waals surface area contributed by atoms with Crippen molar-refractivity contribution in [3.63, 3.8) is 0 Å². The molecule has 0 bridgehead atoms. The zero-order chi connectivity index (χ0) is 7.23. The van der Waals surface area contributed by atoms with Crippen LogP contribution < -0.4 is 0 Å². The summed E-state index contributed by atoms with van der Waals surface area (Å²) in [5, 5.41) is 0. The van der Waals surface area contributed by atoms with E-state index in [9.17, 15) is 0 Å². The molecular weight excluding hydrogens is 142 g/mol. The lowest BCUT2D eigenvalue weighted by Crippen LogP contribution is -1.74. The minimum absolute atomic E-state index is 1.24. The van der Waals surface area contributed by atoms with Gasteiger partial charge in [-0.3, -0.25) is 0 Å². The Kier molecular flexibility index (Phi) is 3.44. The normalized spacial score (nSPS) is 10.1. The van der Waals surface area contributed by atoms with Crippen LogP contribution in [0.4, 0.5) is 0 Å². The van der Waals surface area contributed by atoms with Gasteiger partial charge >= 0.3 is 0 Å². The summed E-state index contributed by atoms with van der Waals surface area (Å²) in [4.78, 5) is 4.39. The summed E-state index contributed by atoms with van der Waals surface area (Å²) < 4.78 is 0. The quantitative estimate of drug-likeness (QED) is 0.522. The van der Waals surface area contributed by atoms with Gasteiger partial charge in [0.2, 0.25) is 0 Å². The highest BCUT2D eigenvalue weighted by molar-refractivity contribution is 7.99. The van der Waals surface area contributed by atoms with Gasteiger partial charge in [0.05, 0.1) is 0 Å². The van der Waals surface area contributed by atoms with Crippen molar-refractivity contribution in [3.8, 4) is 0 Å². The number of nitrogens with one attached hydrogen (secondary N) is 1. The molecule has 0 spiro atoms. The van der Waals surface area contributed by atoms with Crippen molar-refractivity contribution in [2.45, 2.75) is 24.7 Å². The maximum absolute atomic E-state index is 3.04. The highest BCUT2D eigenvalue weighted by Gasteiger charge is 1.90. The Balaban J connectivity index is 2.15. The molecule has 0 aromatic carbocycles. The third-order valence-electron chi connectivity index (χ3n) is 1.34. The molecule has 0 atom stereocenters. The molecule has 0 unspecified atom stereocenters. The minimum atomic E-state index is 1.24. The van der Waals surface area contributed by atoms with E-state index < -0.39 is 0 Å². The fourth-order valence-corrected chi connectivity index (χ4v) is 1.72. The van der Waals surface area contributed by atoms with Gasteiger partial charge in [0.1, 0.15) is 0 Å². The Hall–Kier alpha value is -0.370. The number of aromatic nitrogens is 1. The summed E-state index contributed by atoms with van der Waals surface area (Å²) in [7, 11) is 0. The first-order valence-corrected chi connectivity index (χ1v) is 4.67. The first-order chi connectivity index (χ1) is 4.93. The largest absolute Gasteiger partial charge is 0.367 e. The van der Waals surface area contributed by atoms with E-state index in [-0.39, 0.29) is 0 Å². The van der Waals surface area contributed by atoms with Gasteiger partial charge in [-0.15, -0.1) is 11.8 Å². The Labute approximate surface area is 66.2 Å². The molecule has 1 nitrogen and oxygen atoms in total. The van der Waals surface area contributed by atoms with Crippen molar-refractivity contribution >= 4 is 11.8 Å². The summed E-state index contributed by atoms with van der Waals surface area (Å²) in [6, 6.07) is 2.11. The second-order valence-electron chi connectivity index (χ2n) is 2.25. The van der Waals surface area contributed by atoms with E-state index in [2.05, 4.69) is 18.0 Å². The number of H-pyrrole nitrogens is 1. The molecule has 0 amide bonds. The van der Waals surface area contributed by atoms with Crippen LogP contribution >= 0.6 is 11.8 Å². The summed E-state index contributed by atoms with van der Waals surface area (Å²) in [6.45, 7) is 2.22. The molecule has 0 aliphatic heterocycles. The molecule has 0 saturated carbocycles. The van der Waals surface area contributed by atoms with Crippen molar-refractivity contribution in [2.75, 3.05) is 5.75 Å². The maximum Gasteiger partial charge on any atom is 0.0246 e. The van der Waals surface area contributed by atoms with Gasteiger partial charge in [-0.25, -0.2) is 0 Å². The lowest BCUT2D eigenvalue weighted by Gasteiger charge is -1.93. The highest BCUT2D eigenvalue weighted by Crippen LogP contribution is 2.17. The molecule has 1 N–H and O–H groups in total. The topological polar surface area (TPSA) is 15.8 Å². The average molecular weight is 155 g/mol. The van der Waals surface area contributed by atoms with Crippen molar-refractivity contribution < 1.29 is 0 Å². The number of hydrogen-bond donors (Lipinski definition) is 1. The van der Waals surface area contributed by atoms with E-state index >= 15 is 0 Å². The van der Waals surface area contributed by atoms with E-state index in [1.165, 1.54) is 23.5 Å². The Morgan fingerprint density at radius 3 is 3.10 bits per heavy atom. The number of aromatic amines is 1. The minimum Gasteiger partial charge on any atom is -0.367 e. The summed E-state index contributed by atoms with van der Waals surface area (Å²) in [5.74, 6) is 1.24. The van der Waals surface area contributed by atoms with Crippen molar-refractivity contribution in [2.24, 2.45) is 0 Å². The zero-order valence-corrected chi connectivity index (χ0v) is 7.08. The van der Waals surface area contributed by atoms with Gasteiger partial charge < -0.3 is 4.98 Å². The Morgan fingerprint density at radius 2 is 2.50 bits per heavy atom. The molecule has 2 heteroatoms. The zero-order valence-electron chi connectivity index (χ0n) is 6.26. The Morgan fingerprint density at radius 1 is 1.60 bits per heavy atom. The van der Waals surface area contributed by atoms with Gasteiger partial charge in [0.15, 0.2) is 0 Å². The van der Waals surface area contributed by atoms with Crippen LogP contribution in [0.5, 0.6) is 0 Å². The van der Waals surface area contributed by atoms with E-state index in [0.29, 0.717) is 0 Å². The molecule has 0 aliphatic rings. The number of rotatable bonds is 4. The van der Waals surface area contributed by atoms with Crippen LogP contribution in [0.2, 0.25) is 0 Å². The van der Waals surface area contributed by atoms with Crippen LogP contribution in [-0.4, -0.2) is 10.7 Å². The molecule has 1 aromatic rings. The van der Waals surface area contributed by atoms with Crippen LogP contribution in [0.15, 0.2) is 23.4 Å². The second-order valence-corrected chi connectivity index (χ2v) is 3.42. The molecule has 0 aliphatic carbocycles. The van der Waals surface area contributed by atoms with E-state index in [0.717, 1.165) is 0 Å². The molecule has 0 radical (unpaired) electrons. The first-order valence-electron chi connectivity index (χ1n) is 3.69. The van der Waals surface area contributed by atoms with Crippen molar-refractivity contribution in [1.29, 1.82) is 0 Å². The van der Waals surface area contributed by atoms with E-state index in [4.69, 9.17) is 0 Å².